The van der Waals surface area contributed by atoms with E-state index in [1.165, 1.54) is 25.7 Å². The Morgan fingerprint density at radius 3 is 2.55 bits per heavy atom. The smallest absolute Gasteiger partial charge is 0.272 e. The van der Waals surface area contributed by atoms with Crippen LogP contribution in [0.5, 0.6) is 0 Å². The molecule has 1 aromatic rings. The van der Waals surface area contributed by atoms with Crippen LogP contribution in [0.1, 0.15) is 54.6 Å². The average Bonchev–Trinajstić information content (AvgIpc) is 3.09. The first kappa shape index (κ1) is 22.2. The van der Waals surface area contributed by atoms with Crippen molar-refractivity contribution in [1.29, 1.82) is 0 Å². The van der Waals surface area contributed by atoms with Crippen LogP contribution in [0.25, 0.3) is 11.4 Å². The van der Waals surface area contributed by atoms with Crippen LogP contribution in [0.15, 0.2) is 36.4 Å². The van der Waals surface area contributed by atoms with Crippen molar-refractivity contribution in [3.63, 3.8) is 0 Å². The number of hydrogen-bond acceptors (Lipinski definition) is 5. The molecule has 0 bridgehead atoms. The standard InChI is InChI=1S/C25H31ClN6O/c26-19-9-7-18(8-10-19)17-32-22(31-14-3-1-2-4-15-31)12-11-21-23(29-30-24(21)32)25(33)28-20-6-5-13-27-16-20/h7-12,20,27H,1-6,13-17H2,(H,28,33). The minimum absolute atomic E-state index is 0.135. The van der Waals surface area contributed by atoms with Crippen LogP contribution in [-0.2, 0) is 6.54 Å². The van der Waals surface area contributed by atoms with Crippen LogP contribution in [0.3, 0.4) is 0 Å². The predicted octanol–water partition coefficient (Wildman–Crippen LogP) is 3.95. The highest BCUT2D eigenvalue weighted by atomic mass is 35.5. The third-order valence-corrected chi connectivity index (χ3v) is 6.96. The number of carbonyl (C=O) groups excluding carboxylic acids is 1. The van der Waals surface area contributed by atoms with Crippen molar-refractivity contribution in [2.24, 2.45) is 0 Å². The van der Waals surface area contributed by atoms with Gasteiger partial charge in [-0.3, -0.25) is 4.79 Å². The van der Waals surface area contributed by atoms with Gasteiger partial charge in [-0.05, 0) is 62.1 Å². The van der Waals surface area contributed by atoms with Crippen molar-refractivity contribution in [3.8, 4) is 11.4 Å². The van der Waals surface area contributed by atoms with E-state index in [-0.39, 0.29) is 11.9 Å². The predicted molar refractivity (Wildman–Crippen MR) is 131 cm³/mol. The zero-order chi connectivity index (χ0) is 22.6. The van der Waals surface area contributed by atoms with Crippen molar-refractivity contribution >= 4 is 23.3 Å². The number of nitrogens with one attached hydrogen (secondary N) is 2. The summed E-state index contributed by atoms with van der Waals surface area (Å²) >= 11 is 6.11. The number of halogens is 1. The molecular formula is C25H31ClN6O. The molecule has 5 rings (SSSR count). The van der Waals surface area contributed by atoms with E-state index in [0.29, 0.717) is 12.2 Å². The van der Waals surface area contributed by atoms with E-state index in [1.807, 2.05) is 30.3 Å². The summed E-state index contributed by atoms with van der Waals surface area (Å²) in [6, 6.07) is 12.2. The van der Waals surface area contributed by atoms with Crippen molar-refractivity contribution in [2.75, 3.05) is 31.1 Å². The number of benzene rings is 1. The number of amides is 1. The van der Waals surface area contributed by atoms with Crippen molar-refractivity contribution in [3.05, 3.63) is 52.7 Å². The number of pyridine rings is 1. The van der Waals surface area contributed by atoms with Crippen molar-refractivity contribution < 1.29 is 4.79 Å². The molecule has 0 aromatic heterocycles. The lowest BCUT2D eigenvalue weighted by Crippen LogP contribution is -2.45. The molecule has 7 nitrogen and oxygen atoms in total. The summed E-state index contributed by atoms with van der Waals surface area (Å²) in [6.07, 6.45) is 6.97. The summed E-state index contributed by atoms with van der Waals surface area (Å²) in [5, 5.41) is 16.0. The summed E-state index contributed by atoms with van der Waals surface area (Å²) in [7, 11) is 0. The van der Waals surface area contributed by atoms with Gasteiger partial charge in [-0.25, -0.2) is 0 Å². The van der Waals surface area contributed by atoms with Gasteiger partial charge < -0.3 is 20.1 Å². The molecule has 1 amide bonds. The second kappa shape index (κ2) is 10.1. The third kappa shape index (κ3) is 4.99. The highest BCUT2D eigenvalue weighted by Crippen LogP contribution is 2.31. The maximum atomic E-state index is 13.1. The van der Waals surface area contributed by atoms with E-state index in [1.54, 1.807) is 0 Å². The van der Waals surface area contributed by atoms with Crippen LogP contribution < -0.4 is 15.5 Å². The van der Waals surface area contributed by atoms with Gasteiger partial charge in [0, 0.05) is 30.7 Å². The van der Waals surface area contributed by atoms with Crippen LogP contribution >= 0.6 is 11.6 Å². The molecule has 33 heavy (non-hydrogen) atoms. The Bertz CT molecular complexity index is 1050. The Morgan fingerprint density at radius 2 is 1.82 bits per heavy atom. The molecule has 4 heterocycles. The zero-order valence-corrected chi connectivity index (χ0v) is 19.7. The molecule has 2 saturated heterocycles. The lowest BCUT2D eigenvalue weighted by molar-refractivity contribution is 0.0926. The maximum absolute atomic E-state index is 13.1. The molecule has 8 heteroatoms. The van der Waals surface area contributed by atoms with Gasteiger partial charge in [0.25, 0.3) is 5.91 Å². The van der Waals surface area contributed by atoms with Crippen LogP contribution in [0.4, 0.5) is 5.82 Å². The number of nitrogens with zero attached hydrogens (tertiary/aromatic N) is 4. The Hall–Kier alpha value is -2.64. The van der Waals surface area contributed by atoms with E-state index >= 15 is 0 Å². The van der Waals surface area contributed by atoms with Gasteiger partial charge in [-0.15, -0.1) is 10.2 Å². The number of rotatable bonds is 5. The molecule has 1 unspecified atom stereocenters. The lowest BCUT2D eigenvalue weighted by atomic mass is 10.1. The fourth-order valence-electron chi connectivity index (χ4n) is 4.92. The van der Waals surface area contributed by atoms with Crippen LogP contribution in [0.2, 0.25) is 5.02 Å². The number of anilines is 1. The minimum Gasteiger partial charge on any atom is -0.358 e. The molecule has 0 spiro atoms. The van der Waals surface area contributed by atoms with Gasteiger partial charge in [-0.2, -0.15) is 0 Å². The second-order valence-electron chi connectivity index (χ2n) is 9.11. The first-order valence-electron chi connectivity index (χ1n) is 12.1. The molecule has 1 atom stereocenters. The summed E-state index contributed by atoms with van der Waals surface area (Å²) in [5.41, 5.74) is 2.34. The summed E-state index contributed by atoms with van der Waals surface area (Å²) in [5.74, 6) is 1.73. The fourth-order valence-corrected chi connectivity index (χ4v) is 5.05. The molecule has 2 fully saturated rings. The molecule has 2 N–H and O–H groups in total. The van der Waals surface area contributed by atoms with Gasteiger partial charge in [0.1, 0.15) is 5.82 Å². The largest absolute Gasteiger partial charge is 0.358 e. The maximum Gasteiger partial charge on any atom is 0.272 e. The Kier molecular flexibility index (Phi) is 6.78. The van der Waals surface area contributed by atoms with Gasteiger partial charge in [0.2, 0.25) is 0 Å². The van der Waals surface area contributed by atoms with Gasteiger partial charge in [0.15, 0.2) is 11.5 Å². The number of hydrogen-bond donors (Lipinski definition) is 2. The Morgan fingerprint density at radius 1 is 1.03 bits per heavy atom. The van der Waals surface area contributed by atoms with E-state index in [2.05, 4.69) is 36.4 Å². The quantitative estimate of drug-likeness (QED) is 0.595. The Balaban J connectivity index is 1.48. The van der Waals surface area contributed by atoms with E-state index in [0.717, 1.165) is 66.8 Å². The number of piperidine rings is 1. The molecular weight excluding hydrogens is 436 g/mol. The van der Waals surface area contributed by atoms with Gasteiger partial charge in [0.05, 0.1) is 12.1 Å². The highest BCUT2D eigenvalue weighted by Gasteiger charge is 2.27. The summed E-state index contributed by atoms with van der Waals surface area (Å²) in [4.78, 5) is 15.5. The molecule has 0 saturated carbocycles. The van der Waals surface area contributed by atoms with Crippen LogP contribution in [0, 0.1) is 0 Å². The van der Waals surface area contributed by atoms with E-state index < -0.39 is 0 Å². The average molecular weight is 467 g/mol. The zero-order valence-electron chi connectivity index (χ0n) is 18.9. The molecule has 4 aliphatic heterocycles. The highest BCUT2D eigenvalue weighted by molar-refractivity contribution is 6.30. The molecule has 174 valence electrons. The van der Waals surface area contributed by atoms with Crippen molar-refractivity contribution in [1.82, 2.24) is 25.4 Å². The molecule has 0 aliphatic carbocycles. The molecule has 4 aliphatic rings. The first-order chi connectivity index (χ1) is 16.2. The molecule has 0 radical (unpaired) electrons. The third-order valence-electron chi connectivity index (χ3n) is 6.70. The lowest BCUT2D eigenvalue weighted by Gasteiger charge is -2.28. The number of fused-ring (bicyclic) bond motifs is 1. The second-order valence-corrected chi connectivity index (χ2v) is 9.54. The normalized spacial score (nSPS) is 19.4. The van der Waals surface area contributed by atoms with Crippen LogP contribution in [-0.4, -0.2) is 52.9 Å². The molecule has 1 aromatic carbocycles. The van der Waals surface area contributed by atoms with Gasteiger partial charge in [-0.1, -0.05) is 36.6 Å². The minimum atomic E-state index is -0.147. The first-order valence-corrected chi connectivity index (χ1v) is 12.4. The summed E-state index contributed by atoms with van der Waals surface area (Å²) in [6.45, 7) is 4.51. The fraction of sp³-hybridized carbons (Fsp3) is 0.480. The Labute approximate surface area is 199 Å². The van der Waals surface area contributed by atoms with E-state index in [9.17, 15) is 4.79 Å². The SMILES string of the molecule is O=C(NC1CCCNC1)c1nnc2n(Cc3ccc(Cl)cc3)c(N3CCCCCC3)ccc1-2. The monoisotopic (exact) mass is 466 g/mol. The number of aromatic nitrogens is 3. The van der Waals surface area contributed by atoms with Crippen molar-refractivity contribution in [2.45, 2.75) is 51.1 Å². The van der Waals surface area contributed by atoms with Gasteiger partial charge >= 0.3 is 0 Å². The summed E-state index contributed by atoms with van der Waals surface area (Å²) < 4.78 is 2.20. The topological polar surface area (TPSA) is 75.1 Å². The number of carbonyl (C=O) groups is 1. The van der Waals surface area contributed by atoms with E-state index in [4.69, 9.17) is 11.6 Å².